The van der Waals surface area contributed by atoms with E-state index in [1.165, 1.54) is 19.3 Å². The second kappa shape index (κ2) is 9.41. The normalized spacial score (nSPS) is 28.2. The third kappa shape index (κ3) is 4.87. The smallest absolute Gasteiger partial charge is 0.227 e. The first-order chi connectivity index (χ1) is 17.0. The average molecular weight is 480 g/mol. The van der Waals surface area contributed by atoms with Crippen LogP contribution in [-0.2, 0) is 9.53 Å². The summed E-state index contributed by atoms with van der Waals surface area (Å²) in [5.74, 6) is 3.22. The molecule has 9 nitrogen and oxygen atoms in total. The number of rotatable bonds is 7. The Hall–Kier alpha value is -2.68. The first-order valence-corrected chi connectivity index (χ1v) is 13.4. The summed E-state index contributed by atoms with van der Waals surface area (Å²) >= 11 is 0. The fourth-order valence-electron chi connectivity index (χ4n) is 6.18. The molecule has 5 heterocycles. The summed E-state index contributed by atoms with van der Waals surface area (Å²) < 4.78 is 5.96. The largest absolute Gasteiger partial charge is 0.372 e. The first kappa shape index (κ1) is 22.8. The molecule has 6 rings (SSSR count). The van der Waals surface area contributed by atoms with Crippen LogP contribution in [0.25, 0.3) is 0 Å². The van der Waals surface area contributed by atoms with Crippen molar-refractivity contribution in [3.63, 3.8) is 0 Å². The summed E-state index contributed by atoms with van der Waals surface area (Å²) in [5.41, 5.74) is 1.92. The van der Waals surface area contributed by atoms with Crippen molar-refractivity contribution in [1.29, 1.82) is 0 Å². The molecule has 3 aliphatic heterocycles. The fraction of sp³-hybridized carbons (Fsp3) is 0.692. The van der Waals surface area contributed by atoms with E-state index in [9.17, 15) is 4.79 Å². The van der Waals surface area contributed by atoms with Gasteiger partial charge in [-0.15, -0.1) is 0 Å². The number of amides is 1. The number of ether oxygens (including phenoxy) is 1. The van der Waals surface area contributed by atoms with Gasteiger partial charge in [-0.25, -0.2) is 4.98 Å². The van der Waals surface area contributed by atoms with E-state index in [4.69, 9.17) is 14.7 Å². The SMILES string of the molecule is Cc1cc(Nc2cc(C3CCCO3)nc(N(C)C3C[C@H]4CCC[C@@H](C3)N4C(=O)CC3CC3)n2)n[nH]1. The second-order valence-corrected chi connectivity index (χ2v) is 11.0. The second-order valence-electron chi connectivity index (χ2n) is 11.0. The number of piperidine rings is 2. The van der Waals surface area contributed by atoms with E-state index in [0.29, 0.717) is 35.9 Å². The molecule has 188 valence electrons. The molecule has 0 spiro atoms. The Labute approximate surface area is 207 Å². The molecule has 3 saturated heterocycles. The molecule has 4 atom stereocenters. The van der Waals surface area contributed by atoms with Crippen LogP contribution in [0.4, 0.5) is 17.6 Å². The summed E-state index contributed by atoms with van der Waals surface area (Å²) in [5, 5.41) is 10.6. The fourth-order valence-corrected chi connectivity index (χ4v) is 6.18. The predicted octanol–water partition coefficient (Wildman–Crippen LogP) is 4.25. The van der Waals surface area contributed by atoms with E-state index in [2.05, 4.69) is 32.4 Å². The molecule has 2 N–H and O–H groups in total. The molecule has 1 aliphatic carbocycles. The van der Waals surface area contributed by atoms with Gasteiger partial charge in [0.25, 0.3) is 0 Å². The summed E-state index contributed by atoms with van der Waals surface area (Å²) in [6.45, 7) is 2.76. The summed E-state index contributed by atoms with van der Waals surface area (Å²) in [7, 11) is 2.11. The number of aryl methyl sites for hydroxylation is 1. The standard InChI is InChI=1S/C26H37N7O2/c1-16-11-24(31-30-16)28-23-15-21(22-7-4-10-35-22)27-26(29-23)32(2)20-13-18-5-3-6-19(14-20)33(18)25(34)12-17-8-9-17/h11,15,17-20,22H,3-10,12-14H2,1-2H3,(H2,27,28,29,30,31)/t18-,19+,20?,22?. The quantitative estimate of drug-likeness (QED) is 0.612. The van der Waals surface area contributed by atoms with E-state index in [-0.39, 0.29) is 6.10 Å². The molecular weight excluding hydrogens is 442 g/mol. The molecule has 2 bridgehead atoms. The van der Waals surface area contributed by atoms with Gasteiger partial charge in [0.2, 0.25) is 11.9 Å². The van der Waals surface area contributed by atoms with Gasteiger partial charge in [-0.3, -0.25) is 9.89 Å². The van der Waals surface area contributed by atoms with E-state index in [1.807, 2.05) is 19.1 Å². The number of nitrogens with zero attached hydrogens (tertiary/aromatic N) is 5. The Morgan fingerprint density at radius 2 is 1.91 bits per heavy atom. The number of fused-ring (bicyclic) bond motifs is 2. The van der Waals surface area contributed by atoms with Crippen LogP contribution >= 0.6 is 0 Å². The molecule has 2 aromatic rings. The van der Waals surface area contributed by atoms with Gasteiger partial charge >= 0.3 is 0 Å². The highest BCUT2D eigenvalue weighted by molar-refractivity contribution is 5.77. The lowest BCUT2D eigenvalue weighted by atomic mass is 9.81. The van der Waals surface area contributed by atoms with Crippen molar-refractivity contribution in [2.45, 2.75) is 95.4 Å². The molecule has 4 fully saturated rings. The number of aromatic amines is 1. The number of nitrogens with one attached hydrogen (secondary N) is 2. The molecule has 9 heteroatoms. The van der Waals surface area contributed by atoms with Crippen molar-refractivity contribution in [2.75, 3.05) is 23.9 Å². The van der Waals surface area contributed by atoms with Gasteiger partial charge in [0, 0.05) is 56.0 Å². The van der Waals surface area contributed by atoms with Gasteiger partial charge in [0.15, 0.2) is 5.82 Å². The maximum Gasteiger partial charge on any atom is 0.227 e. The van der Waals surface area contributed by atoms with Crippen LogP contribution in [0, 0.1) is 12.8 Å². The lowest BCUT2D eigenvalue weighted by Gasteiger charge is -2.50. The van der Waals surface area contributed by atoms with Gasteiger partial charge in [-0.2, -0.15) is 10.1 Å². The number of hydrogen-bond donors (Lipinski definition) is 2. The molecule has 35 heavy (non-hydrogen) atoms. The zero-order chi connectivity index (χ0) is 23.9. The number of anilines is 3. The molecule has 4 aliphatic rings. The predicted molar refractivity (Wildman–Crippen MR) is 134 cm³/mol. The van der Waals surface area contributed by atoms with Gasteiger partial charge in [0.1, 0.15) is 5.82 Å². The Balaban J connectivity index is 1.23. The first-order valence-electron chi connectivity index (χ1n) is 13.4. The van der Waals surface area contributed by atoms with Crippen LogP contribution in [0.3, 0.4) is 0 Å². The van der Waals surface area contributed by atoms with Gasteiger partial charge < -0.3 is 19.9 Å². The molecule has 0 radical (unpaired) electrons. The van der Waals surface area contributed by atoms with Gasteiger partial charge in [-0.1, -0.05) is 0 Å². The Morgan fingerprint density at radius 1 is 1.11 bits per heavy atom. The number of carbonyl (C=O) groups is 1. The highest BCUT2D eigenvalue weighted by atomic mass is 16.5. The van der Waals surface area contributed by atoms with Crippen molar-refractivity contribution in [3.8, 4) is 0 Å². The third-order valence-corrected chi connectivity index (χ3v) is 8.22. The number of hydrogen-bond acceptors (Lipinski definition) is 7. The molecule has 0 aromatic carbocycles. The van der Waals surface area contributed by atoms with Crippen molar-refractivity contribution in [3.05, 3.63) is 23.5 Å². The van der Waals surface area contributed by atoms with E-state index >= 15 is 0 Å². The highest BCUT2D eigenvalue weighted by Crippen LogP contribution is 2.40. The summed E-state index contributed by atoms with van der Waals surface area (Å²) in [6, 6.07) is 4.95. The zero-order valence-electron chi connectivity index (χ0n) is 20.9. The zero-order valence-corrected chi connectivity index (χ0v) is 20.9. The monoisotopic (exact) mass is 479 g/mol. The lowest BCUT2D eigenvalue weighted by molar-refractivity contribution is -0.141. The van der Waals surface area contributed by atoms with Gasteiger partial charge in [0.05, 0.1) is 11.8 Å². The van der Waals surface area contributed by atoms with E-state index in [1.54, 1.807) is 0 Å². The number of H-pyrrole nitrogens is 1. The summed E-state index contributed by atoms with van der Waals surface area (Å²) in [4.78, 5) is 27.5. The van der Waals surface area contributed by atoms with Crippen molar-refractivity contribution >= 4 is 23.5 Å². The lowest BCUT2D eigenvalue weighted by Crippen LogP contribution is -2.58. The third-order valence-electron chi connectivity index (χ3n) is 8.22. The maximum absolute atomic E-state index is 13.1. The van der Waals surface area contributed by atoms with Crippen molar-refractivity contribution in [2.24, 2.45) is 5.92 Å². The van der Waals surface area contributed by atoms with Gasteiger partial charge in [-0.05, 0) is 70.6 Å². The Bertz CT molecular complexity index is 1050. The summed E-state index contributed by atoms with van der Waals surface area (Å²) in [6.07, 6.45) is 10.7. The van der Waals surface area contributed by atoms with Crippen molar-refractivity contribution in [1.82, 2.24) is 25.1 Å². The van der Waals surface area contributed by atoms with Crippen LogP contribution in [0.2, 0.25) is 0 Å². The van der Waals surface area contributed by atoms with E-state index < -0.39 is 0 Å². The van der Waals surface area contributed by atoms with Crippen molar-refractivity contribution < 1.29 is 9.53 Å². The van der Waals surface area contributed by atoms with E-state index in [0.717, 1.165) is 74.6 Å². The number of aromatic nitrogens is 4. The highest BCUT2D eigenvalue weighted by Gasteiger charge is 2.43. The minimum absolute atomic E-state index is 0.00731. The minimum Gasteiger partial charge on any atom is -0.372 e. The molecule has 1 amide bonds. The number of carbonyl (C=O) groups excluding carboxylic acids is 1. The topological polar surface area (TPSA) is 99.3 Å². The molecule has 1 saturated carbocycles. The molecule has 2 unspecified atom stereocenters. The van der Waals surface area contributed by atoms with Crippen LogP contribution in [-0.4, -0.2) is 62.8 Å². The average Bonchev–Trinajstić information content (AvgIpc) is 3.30. The van der Waals surface area contributed by atoms with Crippen LogP contribution in [0.5, 0.6) is 0 Å². The minimum atomic E-state index is 0.00731. The molecular formula is C26H37N7O2. The maximum atomic E-state index is 13.1. The Morgan fingerprint density at radius 3 is 2.57 bits per heavy atom. The molecule has 2 aromatic heterocycles. The van der Waals surface area contributed by atoms with Crippen LogP contribution in [0.15, 0.2) is 12.1 Å². The van der Waals surface area contributed by atoms with Crippen LogP contribution in [0.1, 0.15) is 81.7 Å². The Kier molecular flexibility index (Phi) is 6.12. The van der Waals surface area contributed by atoms with Crippen LogP contribution < -0.4 is 10.2 Å².